The van der Waals surface area contributed by atoms with Gasteiger partial charge >= 0.3 is 5.97 Å². The summed E-state index contributed by atoms with van der Waals surface area (Å²) < 4.78 is 34.1. The molecule has 35 heavy (non-hydrogen) atoms. The molecule has 4 aromatic rings. The van der Waals surface area contributed by atoms with Gasteiger partial charge in [0.2, 0.25) is 12.5 Å². The van der Waals surface area contributed by atoms with Crippen molar-refractivity contribution in [2.24, 2.45) is 0 Å². The molecule has 0 bridgehead atoms. The first-order chi connectivity index (χ1) is 17.1. The third kappa shape index (κ3) is 3.37. The van der Waals surface area contributed by atoms with Gasteiger partial charge < -0.3 is 28.1 Å². The average molecular weight is 472 g/mol. The Morgan fingerprint density at radius 1 is 0.886 bits per heavy atom. The molecule has 0 radical (unpaired) electrons. The van der Waals surface area contributed by atoms with E-state index in [0.29, 0.717) is 34.2 Å². The van der Waals surface area contributed by atoms with Gasteiger partial charge in [0.1, 0.15) is 28.2 Å². The maximum absolute atomic E-state index is 13.3. The average Bonchev–Trinajstić information content (AvgIpc) is 3.36. The summed E-state index contributed by atoms with van der Waals surface area (Å²) in [6.07, 6.45) is 0.0382. The molecule has 1 atom stereocenters. The number of carbonyl (C=O) groups is 1. The molecule has 0 aliphatic carbocycles. The zero-order valence-corrected chi connectivity index (χ0v) is 19.0. The molecule has 0 saturated heterocycles. The van der Waals surface area contributed by atoms with Crippen molar-refractivity contribution in [1.29, 1.82) is 0 Å². The Morgan fingerprint density at radius 3 is 2.46 bits per heavy atom. The van der Waals surface area contributed by atoms with Gasteiger partial charge in [-0.3, -0.25) is 9.59 Å². The summed E-state index contributed by atoms with van der Waals surface area (Å²) in [4.78, 5) is 25.9. The summed E-state index contributed by atoms with van der Waals surface area (Å²) in [5.74, 6) is 1.55. The van der Waals surface area contributed by atoms with Gasteiger partial charge in [-0.25, -0.2) is 0 Å². The van der Waals surface area contributed by atoms with Crippen LogP contribution in [0.2, 0.25) is 0 Å². The minimum Gasteiger partial charge on any atom is -0.496 e. The van der Waals surface area contributed by atoms with E-state index in [2.05, 4.69) is 0 Å². The Labute approximate surface area is 199 Å². The fourth-order valence-corrected chi connectivity index (χ4v) is 4.69. The van der Waals surface area contributed by atoms with E-state index in [1.165, 1.54) is 20.3 Å². The number of esters is 1. The zero-order valence-electron chi connectivity index (χ0n) is 19.0. The normalized spacial score (nSPS) is 16.1. The summed E-state index contributed by atoms with van der Waals surface area (Å²) >= 11 is 0. The van der Waals surface area contributed by atoms with Crippen LogP contribution in [0.15, 0.2) is 63.8 Å². The van der Waals surface area contributed by atoms with E-state index in [1.54, 1.807) is 12.1 Å². The SMILES string of the molecule is COc1cc([C@H]2CC(=O)Oc3cc(OC)c4c(=O)cc(-c5ccccc5)oc4c32)cc2c1OCO2. The van der Waals surface area contributed by atoms with Crippen LogP contribution in [0.5, 0.6) is 28.7 Å². The standard InChI is InChI=1S/C27H20O8/c1-30-19-12-20-24(27-25(19)17(28)11-18(35-27)14-6-4-3-5-7-14)16(10-23(29)34-20)15-8-21(31-2)26-22(9-15)32-13-33-26/h3-9,11-12,16H,10,13H2,1-2H3/t16-/m1/s1. The van der Waals surface area contributed by atoms with E-state index in [1.807, 2.05) is 36.4 Å². The largest absolute Gasteiger partial charge is 0.496 e. The minimum absolute atomic E-state index is 0.0382. The van der Waals surface area contributed by atoms with Crippen LogP contribution >= 0.6 is 0 Å². The lowest BCUT2D eigenvalue weighted by Crippen LogP contribution is -2.22. The second-order valence-electron chi connectivity index (χ2n) is 8.22. The van der Waals surface area contributed by atoms with Crippen LogP contribution in [0, 0.1) is 0 Å². The van der Waals surface area contributed by atoms with E-state index in [-0.39, 0.29) is 35.5 Å². The van der Waals surface area contributed by atoms with E-state index < -0.39 is 11.9 Å². The molecule has 2 aliphatic heterocycles. The molecule has 1 aromatic heterocycles. The number of hydrogen-bond acceptors (Lipinski definition) is 8. The second kappa shape index (κ2) is 8.09. The minimum atomic E-state index is -0.489. The first-order valence-corrected chi connectivity index (χ1v) is 11.0. The lowest BCUT2D eigenvalue weighted by atomic mass is 9.84. The number of hydrogen-bond donors (Lipinski definition) is 0. The number of carbonyl (C=O) groups excluding carboxylic acids is 1. The van der Waals surface area contributed by atoms with Crippen molar-refractivity contribution in [3.8, 4) is 40.1 Å². The fraction of sp³-hybridized carbons (Fsp3) is 0.185. The van der Waals surface area contributed by atoms with Gasteiger partial charge in [-0.15, -0.1) is 0 Å². The van der Waals surface area contributed by atoms with Gasteiger partial charge in [0.25, 0.3) is 0 Å². The van der Waals surface area contributed by atoms with Gasteiger partial charge in [0.15, 0.2) is 16.9 Å². The second-order valence-corrected chi connectivity index (χ2v) is 8.22. The summed E-state index contributed by atoms with van der Waals surface area (Å²) in [5, 5.41) is 0.279. The van der Waals surface area contributed by atoms with Gasteiger partial charge in [0.05, 0.1) is 20.6 Å². The van der Waals surface area contributed by atoms with Crippen molar-refractivity contribution in [3.63, 3.8) is 0 Å². The van der Waals surface area contributed by atoms with Crippen LogP contribution < -0.4 is 29.1 Å². The molecule has 3 aromatic carbocycles. The lowest BCUT2D eigenvalue weighted by Gasteiger charge is -2.27. The molecular weight excluding hydrogens is 452 g/mol. The molecule has 0 spiro atoms. The Balaban J connectivity index is 1.65. The number of rotatable bonds is 4. The van der Waals surface area contributed by atoms with Crippen LogP contribution in [-0.2, 0) is 4.79 Å². The highest BCUT2D eigenvalue weighted by atomic mass is 16.7. The Bertz CT molecular complexity index is 1540. The van der Waals surface area contributed by atoms with Crippen molar-refractivity contribution in [2.45, 2.75) is 12.3 Å². The lowest BCUT2D eigenvalue weighted by molar-refractivity contribution is -0.135. The van der Waals surface area contributed by atoms with E-state index >= 15 is 0 Å². The molecule has 0 amide bonds. The molecule has 8 heteroatoms. The number of fused-ring (bicyclic) bond motifs is 4. The maximum Gasteiger partial charge on any atom is 0.312 e. The van der Waals surface area contributed by atoms with Gasteiger partial charge in [-0.05, 0) is 17.7 Å². The van der Waals surface area contributed by atoms with Gasteiger partial charge in [-0.2, -0.15) is 0 Å². The monoisotopic (exact) mass is 472 g/mol. The van der Waals surface area contributed by atoms with Crippen LogP contribution in [-0.4, -0.2) is 27.0 Å². The highest BCUT2D eigenvalue weighted by molar-refractivity contribution is 5.93. The molecule has 2 aliphatic rings. The summed E-state index contributed by atoms with van der Waals surface area (Å²) in [5.41, 5.74) is 2.11. The van der Waals surface area contributed by atoms with Crippen LogP contribution in [0.1, 0.15) is 23.5 Å². The summed E-state index contributed by atoms with van der Waals surface area (Å²) in [7, 11) is 2.99. The maximum atomic E-state index is 13.3. The molecule has 0 unspecified atom stereocenters. The molecule has 0 fully saturated rings. The Kier molecular flexibility index (Phi) is 4.88. The molecule has 0 saturated carbocycles. The number of benzene rings is 3. The third-order valence-electron chi connectivity index (χ3n) is 6.27. The molecule has 176 valence electrons. The molecule has 8 nitrogen and oxygen atoms in total. The molecule has 6 rings (SSSR count). The van der Waals surface area contributed by atoms with E-state index in [9.17, 15) is 9.59 Å². The zero-order chi connectivity index (χ0) is 24.1. The molecular formula is C27H20O8. The third-order valence-corrected chi connectivity index (χ3v) is 6.27. The predicted octanol–water partition coefficient (Wildman–Crippen LogP) is 4.65. The molecule has 0 N–H and O–H groups in total. The van der Waals surface area contributed by atoms with Crippen LogP contribution in [0.4, 0.5) is 0 Å². The van der Waals surface area contributed by atoms with Crippen molar-refractivity contribution < 1.29 is 32.9 Å². The quantitative estimate of drug-likeness (QED) is 0.313. The first kappa shape index (κ1) is 21.1. The first-order valence-electron chi connectivity index (χ1n) is 11.0. The molecule has 3 heterocycles. The smallest absolute Gasteiger partial charge is 0.312 e. The van der Waals surface area contributed by atoms with Crippen LogP contribution in [0.25, 0.3) is 22.3 Å². The van der Waals surface area contributed by atoms with Gasteiger partial charge in [0, 0.05) is 29.2 Å². The summed E-state index contributed by atoms with van der Waals surface area (Å²) in [6.45, 7) is 0.0773. The fourth-order valence-electron chi connectivity index (χ4n) is 4.69. The predicted molar refractivity (Wildman–Crippen MR) is 126 cm³/mol. The Hall–Kier alpha value is -4.46. The Morgan fingerprint density at radius 2 is 1.69 bits per heavy atom. The number of ether oxygens (including phenoxy) is 5. The number of methoxy groups -OCH3 is 2. The van der Waals surface area contributed by atoms with Crippen molar-refractivity contribution >= 4 is 16.9 Å². The van der Waals surface area contributed by atoms with Crippen molar-refractivity contribution in [3.05, 3.63) is 75.9 Å². The highest BCUT2D eigenvalue weighted by Gasteiger charge is 2.35. The van der Waals surface area contributed by atoms with E-state index in [0.717, 1.165) is 11.1 Å². The van der Waals surface area contributed by atoms with Crippen molar-refractivity contribution in [2.75, 3.05) is 21.0 Å². The van der Waals surface area contributed by atoms with E-state index in [4.69, 9.17) is 28.1 Å². The topological polar surface area (TPSA) is 93.4 Å². The van der Waals surface area contributed by atoms with Gasteiger partial charge in [-0.1, -0.05) is 30.3 Å². The highest BCUT2D eigenvalue weighted by Crippen LogP contribution is 2.50. The van der Waals surface area contributed by atoms with Crippen molar-refractivity contribution in [1.82, 2.24) is 0 Å². The summed E-state index contributed by atoms with van der Waals surface area (Å²) in [6, 6.07) is 16.0. The van der Waals surface area contributed by atoms with Crippen LogP contribution in [0.3, 0.4) is 0 Å².